The third-order valence-corrected chi connectivity index (χ3v) is 4.44. The molecule has 2 heterocycles. The summed E-state index contributed by atoms with van der Waals surface area (Å²) in [6.07, 6.45) is 2.57. The first-order valence-corrected chi connectivity index (χ1v) is 8.39. The summed E-state index contributed by atoms with van der Waals surface area (Å²) in [7, 11) is 0. The molecule has 0 fully saturated rings. The van der Waals surface area contributed by atoms with Crippen LogP contribution in [0.25, 0.3) is 0 Å². The summed E-state index contributed by atoms with van der Waals surface area (Å²) in [5.41, 5.74) is 2.18. The molecule has 0 saturated carbocycles. The number of rotatable bonds is 5. The molecule has 0 bridgehead atoms. The third-order valence-electron chi connectivity index (χ3n) is 4.44. The van der Waals surface area contributed by atoms with Crippen molar-refractivity contribution >= 4 is 11.7 Å². The van der Waals surface area contributed by atoms with Crippen LogP contribution in [0, 0.1) is 0 Å². The van der Waals surface area contributed by atoms with Gasteiger partial charge < -0.3 is 10.1 Å². The molecular formula is C20H19N3O2. The molecule has 1 aromatic heterocycles. The Morgan fingerprint density at radius 2 is 1.92 bits per heavy atom. The molecule has 5 heteroatoms. The molecule has 2 aromatic carbocycles. The first kappa shape index (κ1) is 15.4. The fourth-order valence-corrected chi connectivity index (χ4v) is 3.09. The molecule has 25 heavy (non-hydrogen) atoms. The molecule has 1 aliphatic rings. The van der Waals surface area contributed by atoms with Crippen LogP contribution >= 0.6 is 0 Å². The van der Waals surface area contributed by atoms with E-state index in [0.717, 1.165) is 17.7 Å². The van der Waals surface area contributed by atoms with Gasteiger partial charge in [0, 0.05) is 18.2 Å². The van der Waals surface area contributed by atoms with Gasteiger partial charge in [0.2, 0.25) is 5.91 Å². The van der Waals surface area contributed by atoms with Crippen LogP contribution in [-0.2, 0) is 17.8 Å². The third kappa shape index (κ3) is 3.26. The molecule has 5 nitrogen and oxygen atoms in total. The molecule has 0 saturated heterocycles. The fourth-order valence-electron chi connectivity index (χ4n) is 3.09. The number of fused-ring (bicyclic) bond motifs is 1. The van der Waals surface area contributed by atoms with Gasteiger partial charge >= 0.3 is 0 Å². The van der Waals surface area contributed by atoms with Crippen LogP contribution in [0.1, 0.15) is 17.0 Å². The van der Waals surface area contributed by atoms with Gasteiger partial charge in [0.05, 0.1) is 6.20 Å². The minimum atomic E-state index is -0.284. The maximum atomic E-state index is 12.7. The number of aromatic nitrogens is 2. The van der Waals surface area contributed by atoms with E-state index in [0.29, 0.717) is 19.0 Å². The van der Waals surface area contributed by atoms with Gasteiger partial charge in [-0.25, -0.2) is 4.68 Å². The van der Waals surface area contributed by atoms with Gasteiger partial charge in [-0.2, -0.15) is 5.10 Å². The molecule has 1 N–H and O–H groups in total. The quantitative estimate of drug-likeness (QED) is 0.780. The van der Waals surface area contributed by atoms with E-state index in [-0.39, 0.29) is 11.8 Å². The number of benzene rings is 2. The molecule has 1 atom stereocenters. The Labute approximate surface area is 146 Å². The molecule has 0 spiro atoms. The highest BCUT2D eigenvalue weighted by Crippen LogP contribution is 2.34. The van der Waals surface area contributed by atoms with Crippen LogP contribution in [0.2, 0.25) is 0 Å². The zero-order valence-electron chi connectivity index (χ0n) is 13.8. The molecule has 1 aliphatic heterocycles. The molecule has 1 unspecified atom stereocenters. The Kier molecular flexibility index (Phi) is 4.21. The predicted molar refractivity (Wildman–Crippen MR) is 95.7 cm³/mol. The van der Waals surface area contributed by atoms with E-state index >= 15 is 0 Å². The van der Waals surface area contributed by atoms with Gasteiger partial charge in [0.1, 0.15) is 24.1 Å². The number of anilines is 1. The zero-order chi connectivity index (χ0) is 17.1. The van der Waals surface area contributed by atoms with Gasteiger partial charge in [-0.15, -0.1) is 0 Å². The number of hydrogen-bond acceptors (Lipinski definition) is 3. The lowest BCUT2D eigenvalue weighted by molar-refractivity contribution is -0.117. The Morgan fingerprint density at radius 3 is 2.80 bits per heavy atom. The number of nitrogens with one attached hydrogen (secondary N) is 1. The van der Waals surface area contributed by atoms with Crippen molar-refractivity contribution in [3.63, 3.8) is 0 Å². The van der Waals surface area contributed by atoms with Crippen molar-refractivity contribution in [2.24, 2.45) is 0 Å². The van der Waals surface area contributed by atoms with Gasteiger partial charge in [0.25, 0.3) is 0 Å². The van der Waals surface area contributed by atoms with E-state index in [9.17, 15) is 4.79 Å². The second kappa shape index (κ2) is 6.81. The normalized spacial score (nSPS) is 15.4. The maximum absolute atomic E-state index is 12.7. The molecule has 126 valence electrons. The van der Waals surface area contributed by atoms with Crippen molar-refractivity contribution in [3.8, 4) is 5.75 Å². The largest absolute Gasteiger partial charge is 0.492 e. The Bertz CT molecular complexity index is 873. The van der Waals surface area contributed by atoms with Crippen molar-refractivity contribution in [1.82, 2.24) is 9.78 Å². The lowest BCUT2D eigenvalue weighted by atomic mass is 10.0. The number of hydrogen-bond donors (Lipinski definition) is 1. The first-order valence-electron chi connectivity index (χ1n) is 8.39. The molecule has 3 aromatic rings. The van der Waals surface area contributed by atoms with E-state index in [1.54, 1.807) is 6.20 Å². The minimum absolute atomic E-state index is 0.0635. The number of ether oxygens (including phenoxy) is 1. The van der Waals surface area contributed by atoms with Crippen molar-refractivity contribution in [3.05, 3.63) is 78.0 Å². The van der Waals surface area contributed by atoms with Crippen LogP contribution in [-0.4, -0.2) is 22.3 Å². The van der Waals surface area contributed by atoms with Crippen LogP contribution in [0.4, 0.5) is 5.82 Å². The first-order chi connectivity index (χ1) is 12.3. The predicted octanol–water partition coefficient (Wildman–Crippen LogP) is 3.24. The number of amides is 1. The molecule has 0 aliphatic carbocycles. The fraction of sp³-hybridized carbons (Fsp3) is 0.200. The number of para-hydroxylation sites is 1. The standard InChI is InChI=1S/C20H19N3O2/c24-20(17-14-25-18-9-5-4-8-16(17)18)22-19-10-12-21-23(19)13-11-15-6-2-1-3-7-15/h1-10,12,17H,11,13-14H2,(H,22,24). The SMILES string of the molecule is O=C(Nc1ccnn1CCc1ccccc1)C1COc2ccccc21. The smallest absolute Gasteiger partial charge is 0.236 e. The van der Waals surface area contributed by atoms with E-state index < -0.39 is 0 Å². The zero-order valence-corrected chi connectivity index (χ0v) is 13.8. The lowest BCUT2D eigenvalue weighted by Crippen LogP contribution is -2.24. The second-order valence-electron chi connectivity index (χ2n) is 6.07. The molecule has 4 rings (SSSR count). The highest BCUT2D eigenvalue weighted by Gasteiger charge is 2.30. The molecule has 1 amide bonds. The van der Waals surface area contributed by atoms with Crippen LogP contribution in [0.5, 0.6) is 5.75 Å². The average molecular weight is 333 g/mol. The number of carbonyl (C=O) groups excluding carboxylic acids is 1. The van der Waals surface area contributed by atoms with Crippen LogP contribution < -0.4 is 10.1 Å². The number of aryl methyl sites for hydroxylation is 2. The number of carbonyl (C=O) groups is 1. The summed E-state index contributed by atoms with van der Waals surface area (Å²) in [6, 6.07) is 19.7. The van der Waals surface area contributed by atoms with E-state index in [1.165, 1.54) is 5.56 Å². The molecular weight excluding hydrogens is 314 g/mol. The van der Waals surface area contributed by atoms with Crippen molar-refractivity contribution < 1.29 is 9.53 Å². The maximum Gasteiger partial charge on any atom is 0.236 e. The second-order valence-corrected chi connectivity index (χ2v) is 6.07. The summed E-state index contributed by atoms with van der Waals surface area (Å²) in [5, 5.41) is 7.32. The highest BCUT2D eigenvalue weighted by atomic mass is 16.5. The van der Waals surface area contributed by atoms with Gasteiger partial charge in [0.15, 0.2) is 0 Å². The Morgan fingerprint density at radius 1 is 1.12 bits per heavy atom. The van der Waals surface area contributed by atoms with Crippen molar-refractivity contribution in [1.29, 1.82) is 0 Å². The summed E-state index contributed by atoms with van der Waals surface area (Å²) < 4.78 is 7.43. The van der Waals surface area contributed by atoms with Gasteiger partial charge in [-0.3, -0.25) is 4.79 Å². The Balaban J connectivity index is 1.44. The lowest BCUT2D eigenvalue weighted by Gasteiger charge is -2.12. The van der Waals surface area contributed by atoms with Gasteiger partial charge in [-0.05, 0) is 18.1 Å². The average Bonchev–Trinajstić information content (AvgIpc) is 3.27. The van der Waals surface area contributed by atoms with E-state index in [2.05, 4.69) is 22.5 Å². The topological polar surface area (TPSA) is 56.2 Å². The molecule has 0 radical (unpaired) electrons. The number of nitrogens with zero attached hydrogens (tertiary/aromatic N) is 2. The van der Waals surface area contributed by atoms with Gasteiger partial charge in [-0.1, -0.05) is 48.5 Å². The summed E-state index contributed by atoms with van der Waals surface area (Å²) in [5.74, 6) is 1.16. The van der Waals surface area contributed by atoms with E-state index in [1.807, 2.05) is 53.2 Å². The Hall–Kier alpha value is -3.08. The van der Waals surface area contributed by atoms with Crippen molar-refractivity contribution in [2.45, 2.75) is 18.9 Å². The van der Waals surface area contributed by atoms with Crippen LogP contribution in [0.15, 0.2) is 66.9 Å². The van der Waals surface area contributed by atoms with Crippen molar-refractivity contribution in [2.75, 3.05) is 11.9 Å². The minimum Gasteiger partial charge on any atom is -0.492 e. The summed E-state index contributed by atoms with van der Waals surface area (Å²) in [6.45, 7) is 1.09. The summed E-state index contributed by atoms with van der Waals surface area (Å²) in [4.78, 5) is 12.7. The highest BCUT2D eigenvalue weighted by molar-refractivity contribution is 5.96. The van der Waals surface area contributed by atoms with Crippen LogP contribution in [0.3, 0.4) is 0 Å². The monoisotopic (exact) mass is 333 g/mol. The van der Waals surface area contributed by atoms with E-state index in [4.69, 9.17) is 4.74 Å². The summed E-state index contributed by atoms with van der Waals surface area (Å²) >= 11 is 0.